The third-order valence-electron chi connectivity index (χ3n) is 4.33. The van der Waals surface area contributed by atoms with Crippen LogP contribution in [0, 0.1) is 0 Å². The Kier molecular flexibility index (Phi) is 6.51. The summed E-state index contributed by atoms with van der Waals surface area (Å²) in [5, 5.41) is 0. The molecular formula is C24H23ClO. The molecule has 0 unspecified atom stereocenters. The fraction of sp³-hybridized carbons (Fsp3) is 0.167. The Morgan fingerprint density at radius 3 is 1.81 bits per heavy atom. The van der Waals surface area contributed by atoms with Crippen molar-refractivity contribution in [2.24, 2.45) is 0 Å². The van der Waals surface area contributed by atoms with Crippen LogP contribution >= 0.6 is 11.6 Å². The second kappa shape index (κ2) is 9.26. The Labute approximate surface area is 160 Å². The van der Waals surface area contributed by atoms with Crippen molar-refractivity contribution < 1.29 is 4.74 Å². The summed E-state index contributed by atoms with van der Waals surface area (Å²) in [6.07, 6.45) is 0.957. The lowest BCUT2D eigenvalue weighted by Gasteiger charge is -2.16. The first kappa shape index (κ1) is 18.3. The van der Waals surface area contributed by atoms with Crippen molar-refractivity contribution in [3.8, 4) is 5.75 Å². The lowest BCUT2D eigenvalue weighted by atomic mass is 9.88. The van der Waals surface area contributed by atoms with Gasteiger partial charge in [0.25, 0.3) is 0 Å². The minimum absolute atomic E-state index is 0.491. The van der Waals surface area contributed by atoms with Crippen LogP contribution in [0.15, 0.2) is 84.9 Å². The normalized spacial score (nSPS) is 11.8. The summed E-state index contributed by atoms with van der Waals surface area (Å²) in [4.78, 5) is 0. The van der Waals surface area contributed by atoms with Crippen LogP contribution in [-0.4, -0.2) is 12.5 Å². The highest BCUT2D eigenvalue weighted by molar-refractivity contribution is 6.18. The van der Waals surface area contributed by atoms with Crippen molar-refractivity contribution in [1.82, 2.24) is 0 Å². The minimum Gasteiger partial charge on any atom is -0.492 e. The van der Waals surface area contributed by atoms with Gasteiger partial charge in [0, 0.05) is 0 Å². The first-order valence-electron chi connectivity index (χ1n) is 8.96. The maximum atomic E-state index is 5.71. The van der Waals surface area contributed by atoms with Gasteiger partial charge in [0.2, 0.25) is 0 Å². The maximum Gasteiger partial charge on any atom is 0.119 e. The molecule has 0 amide bonds. The Morgan fingerprint density at radius 1 is 0.731 bits per heavy atom. The zero-order chi connectivity index (χ0) is 18.2. The van der Waals surface area contributed by atoms with Crippen molar-refractivity contribution >= 4 is 22.7 Å². The Hall–Kier alpha value is -2.51. The second-order valence-electron chi connectivity index (χ2n) is 6.00. The molecule has 2 heteroatoms. The second-order valence-corrected chi connectivity index (χ2v) is 6.38. The summed E-state index contributed by atoms with van der Waals surface area (Å²) in [5.41, 5.74) is 6.28. The number of ether oxygens (including phenoxy) is 1. The molecule has 0 radical (unpaired) electrons. The molecule has 0 saturated heterocycles. The Morgan fingerprint density at radius 2 is 1.27 bits per heavy atom. The Balaban J connectivity index is 2.11. The average molecular weight is 363 g/mol. The molecule has 0 aromatic heterocycles. The SMILES string of the molecule is CC/C(=C(/c1ccccc1)c1ccc(OCCCl)cc1)c1ccccc1. The summed E-state index contributed by atoms with van der Waals surface area (Å²) >= 11 is 5.71. The van der Waals surface area contributed by atoms with Crippen LogP contribution in [-0.2, 0) is 0 Å². The average Bonchev–Trinajstić information content (AvgIpc) is 2.72. The van der Waals surface area contributed by atoms with Crippen LogP contribution in [0.4, 0.5) is 0 Å². The van der Waals surface area contributed by atoms with Crippen molar-refractivity contribution in [3.05, 3.63) is 102 Å². The molecule has 0 spiro atoms. The molecule has 132 valence electrons. The van der Waals surface area contributed by atoms with Crippen LogP contribution in [0.25, 0.3) is 11.1 Å². The summed E-state index contributed by atoms with van der Waals surface area (Å²) in [7, 11) is 0. The third kappa shape index (κ3) is 4.36. The molecule has 1 nitrogen and oxygen atoms in total. The molecule has 0 bridgehead atoms. The zero-order valence-corrected chi connectivity index (χ0v) is 15.7. The molecule has 3 aromatic rings. The van der Waals surface area contributed by atoms with Crippen LogP contribution in [0.3, 0.4) is 0 Å². The van der Waals surface area contributed by atoms with E-state index in [9.17, 15) is 0 Å². The molecule has 0 aliphatic carbocycles. The smallest absolute Gasteiger partial charge is 0.119 e. The van der Waals surface area contributed by atoms with Crippen molar-refractivity contribution in [2.75, 3.05) is 12.5 Å². The quantitative estimate of drug-likeness (QED) is 0.336. The van der Waals surface area contributed by atoms with E-state index in [1.54, 1.807) is 0 Å². The van der Waals surface area contributed by atoms with Gasteiger partial charge in [-0.2, -0.15) is 0 Å². The van der Waals surface area contributed by atoms with Crippen molar-refractivity contribution in [2.45, 2.75) is 13.3 Å². The molecular weight excluding hydrogens is 340 g/mol. The van der Waals surface area contributed by atoms with Crippen LogP contribution in [0.2, 0.25) is 0 Å². The number of halogens is 1. The van der Waals surface area contributed by atoms with E-state index in [1.165, 1.54) is 27.8 Å². The predicted molar refractivity (Wildman–Crippen MR) is 112 cm³/mol. The van der Waals surface area contributed by atoms with Gasteiger partial charge in [-0.15, -0.1) is 11.6 Å². The van der Waals surface area contributed by atoms with Gasteiger partial charge in [-0.3, -0.25) is 0 Å². The monoisotopic (exact) mass is 362 g/mol. The first-order chi connectivity index (χ1) is 12.8. The number of hydrogen-bond acceptors (Lipinski definition) is 1. The number of allylic oxidation sites excluding steroid dienone is 1. The van der Waals surface area contributed by atoms with Gasteiger partial charge in [0.1, 0.15) is 12.4 Å². The van der Waals surface area contributed by atoms with Crippen LogP contribution in [0.1, 0.15) is 30.0 Å². The Bertz CT molecular complexity index is 836. The van der Waals surface area contributed by atoms with Crippen LogP contribution in [0.5, 0.6) is 5.75 Å². The fourth-order valence-electron chi connectivity index (χ4n) is 3.16. The predicted octanol–water partition coefficient (Wildman–Crippen LogP) is 6.67. The molecule has 0 aliphatic heterocycles. The molecule has 3 aromatic carbocycles. The largest absolute Gasteiger partial charge is 0.492 e. The first-order valence-corrected chi connectivity index (χ1v) is 9.50. The van der Waals surface area contributed by atoms with Gasteiger partial charge in [-0.1, -0.05) is 79.7 Å². The molecule has 0 fully saturated rings. The molecule has 26 heavy (non-hydrogen) atoms. The van der Waals surface area contributed by atoms with E-state index >= 15 is 0 Å². The number of hydrogen-bond donors (Lipinski definition) is 0. The highest BCUT2D eigenvalue weighted by Crippen LogP contribution is 2.34. The summed E-state index contributed by atoms with van der Waals surface area (Å²) < 4.78 is 5.62. The van der Waals surface area contributed by atoms with E-state index in [0.717, 1.165) is 12.2 Å². The van der Waals surface area contributed by atoms with E-state index in [2.05, 4.69) is 79.7 Å². The van der Waals surface area contributed by atoms with Gasteiger partial charge in [-0.25, -0.2) is 0 Å². The molecule has 0 N–H and O–H groups in total. The van der Waals surface area contributed by atoms with E-state index in [1.807, 2.05) is 12.1 Å². The van der Waals surface area contributed by atoms with Gasteiger partial charge in [0.05, 0.1) is 5.88 Å². The van der Waals surface area contributed by atoms with E-state index in [-0.39, 0.29) is 0 Å². The highest BCUT2D eigenvalue weighted by Gasteiger charge is 2.12. The van der Waals surface area contributed by atoms with Gasteiger partial charge >= 0.3 is 0 Å². The lowest BCUT2D eigenvalue weighted by molar-refractivity contribution is 0.343. The summed E-state index contributed by atoms with van der Waals surface area (Å²) in [5.74, 6) is 1.34. The number of rotatable bonds is 7. The number of benzene rings is 3. The van der Waals surface area contributed by atoms with E-state index in [0.29, 0.717) is 12.5 Å². The lowest BCUT2D eigenvalue weighted by Crippen LogP contribution is -1.98. The standard InChI is InChI=1S/C24H23ClO/c1-2-23(19-9-5-3-6-10-19)24(20-11-7-4-8-12-20)21-13-15-22(16-14-21)26-18-17-25/h3-16H,2,17-18H2,1H3/b24-23+. The molecule has 0 atom stereocenters. The molecule has 0 aliphatic rings. The van der Waals surface area contributed by atoms with Crippen molar-refractivity contribution in [3.63, 3.8) is 0 Å². The van der Waals surface area contributed by atoms with Crippen molar-refractivity contribution in [1.29, 1.82) is 0 Å². The van der Waals surface area contributed by atoms with E-state index in [4.69, 9.17) is 16.3 Å². The molecule has 0 saturated carbocycles. The molecule has 0 heterocycles. The summed E-state index contributed by atoms with van der Waals surface area (Å²) in [6.45, 7) is 2.73. The highest BCUT2D eigenvalue weighted by atomic mass is 35.5. The maximum absolute atomic E-state index is 5.71. The zero-order valence-electron chi connectivity index (χ0n) is 15.0. The topological polar surface area (TPSA) is 9.23 Å². The van der Waals surface area contributed by atoms with Gasteiger partial charge in [-0.05, 0) is 46.4 Å². The number of alkyl halides is 1. The van der Waals surface area contributed by atoms with Gasteiger partial charge < -0.3 is 4.74 Å². The van der Waals surface area contributed by atoms with Crippen LogP contribution < -0.4 is 4.74 Å². The fourth-order valence-corrected chi connectivity index (χ4v) is 3.24. The molecule has 3 rings (SSSR count). The third-order valence-corrected chi connectivity index (χ3v) is 4.48. The minimum atomic E-state index is 0.491. The van der Waals surface area contributed by atoms with Gasteiger partial charge in [0.15, 0.2) is 0 Å². The van der Waals surface area contributed by atoms with E-state index < -0.39 is 0 Å². The summed E-state index contributed by atoms with van der Waals surface area (Å²) in [6, 6.07) is 29.5.